The summed E-state index contributed by atoms with van der Waals surface area (Å²) in [5, 5.41) is 11.3. The average molecular weight is 194 g/mol. The Hall–Kier alpha value is -0.730. The smallest absolute Gasteiger partial charge is 0.0779 e. The zero-order valence-corrected chi connectivity index (χ0v) is 8.71. The summed E-state index contributed by atoms with van der Waals surface area (Å²) in [7, 11) is 0. The molecule has 1 aromatic rings. The molecule has 13 heavy (non-hydrogen) atoms. The van der Waals surface area contributed by atoms with Crippen LogP contribution in [0, 0.1) is 0 Å². The van der Waals surface area contributed by atoms with Crippen molar-refractivity contribution in [1.82, 2.24) is 0 Å². The molecule has 0 amide bonds. The predicted molar refractivity (Wildman–Crippen MR) is 57.7 cm³/mol. The highest BCUT2D eigenvalue weighted by molar-refractivity contribution is 8.02. The zero-order valence-electron chi connectivity index (χ0n) is 7.90. The van der Waals surface area contributed by atoms with Gasteiger partial charge in [-0.2, -0.15) is 0 Å². The van der Waals surface area contributed by atoms with Crippen LogP contribution in [0.1, 0.15) is 13.8 Å². The van der Waals surface area contributed by atoms with Crippen LogP contribution in [0.5, 0.6) is 0 Å². The van der Waals surface area contributed by atoms with Crippen LogP contribution in [0.25, 0.3) is 0 Å². The van der Waals surface area contributed by atoms with E-state index in [1.807, 2.05) is 35.7 Å². The molecule has 1 nitrogen and oxygen atoms in total. The fourth-order valence-electron chi connectivity index (χ4n) is 0.778. The summed E-state index contributed by atoms with van der Waals surface area (Å²) in [5.41, 5.74) is -0.720. The van der Waals surface area contributed by atoms with Crippen LogP contribution in [0.3, 0.4) is 0 Å². The summed E-state index contributed by atoms with van der Waals surface area (Å²) in [5.74, 6) is 0. The van der Waals surface area contributed by atoms with Gasteiger partial charge >= 0.3 is 0 Å². The van der Waals surface area contributed by atoms with Crippen LogP contribution in [0.2, 0.25) is 0 Å². The highest BCUT2D eigenvalue weighted by Gasteiger charge is 2.05. The van der Waals surface area contributed by atoms with E-state index in [1.165, 1.54) is 4.90 Å². The number of hydrogen-bond acceptors (Lipinski definition) is 2. The van der Waals surface area contributed by atoms with E-state index in [0.29, 0.717) is 0 Å². The van der Waals surface area contributed by atoms with Crippen LogP contribution in [0.4, 0.5) is 0 Å². The fraction of sp³-hybridized carbons (Fsp3) is 0.273. The van der Waals surface area contributed by atoms with E-state index in [1.54, 1.807) is 31.7 Å². The molecule has 1 rings (SSSR count). The maximum atomic E-state index is 9.40. The van der Waals surface area contributed by atoms with E-state index in [0.717, 1.165) is 0 Å². The van der Waals surface area contributed by atoms with Crippen LogP contribution >= 0.6 is 11.8 Å². The van der Waals surface area contributed by atoms with Gasteiger partial charge in [0.1, 0.15) is 0 Å². The van der Waals surface area contributed by atoms with Crippen molar-refractivity contribution in [3.63, 3.8) is 0 Å². The molecule has 2 heteroatoms. The first-order chi connectivity index (χ1) is 6.08. The fourth-order valence-corrected chi connectivity index (χ4v) is 1.65. The van der Waals surface area contributed by atoms with Crippen LogP contribution in [-0.4, -0.2) is 10.7 Å². The molecule has 0 atom stereocenters. The molecular formula is C11H14OS. The summed E-state index contributed by atoms with van der Waals surface area (Å²) in [6.07, 6.45) is 1.78. The first kappa shape index (κ1) is 10.4. The summed E-state index contributed by atoms with van der Waals surface area (Å²) in [6.45, 7) is 3.52. The second-order valence-electron chi connectivity index (χ2n) is 3.39. The first-order valence-electron chi connectivity index (χ1n) is 4.20. The standard InChI is InChI=1S/C11H14OS/c1-11(2,12)8-9-13-10-6-4-3-5-7-10/h3-9,12H,1-2H3. The quantitative estimate of drug-likeness (QED) is 0.746. The first-order valence-corrected chi connectivity index (χ1v) is 5.08. The summed E-state index contributed by atoms with van der Waals surface area (Å²) in [4.78, 5) is 1.18. The molecule has 0 heterocycles. The van der Waals surface area contributed by atoms with Gasteiger partial charge in [-0.05, 0) is 37.5 Å². The normalized spacial score (nSPS) is 12.2. The lowest BCUT2D eigenvalue weighted by atomic mass is 10.1. The number of thioether (sulfide) groups is 1. The highest BCUT2D eigenvalue weighted by Crippen LogP contribution is 2.19. The molecule has 0 spiro atoms. The summed E-state index contributed by atoms with van der Waals surface area (Å²) < 4.78 is 0. The minimum Gasteiger partial charge on any atom is -0.386 e. The lowest BCUT2D eigenvalue weighted by Crippen LogP contribution is -2.13. The number of aliphatic hydroxyl groups is 1. The molecule has 0 unspecified atom stereocenters. The van der Waals surface area contributed by atoms with Crippen LogP contribution in [-0.2, 0) is 0 Å². The Kier molecular flexibility index (Phi) is 3.58. The van der Waals surface area contributed by atoms with Crippen molar-refractivity contribution in [1.29, 1.82) is 0 Å². The Labute approximate surface area is 83.5 Å². The van der Waals surface area contributed by atoms with Gasteiger partial charge < -0.3 is 5.11 Å². The van der Waals surface area contributed by atoms with Gasteiger partial charge in [-0.1, -0.05) is 30.0 Å². The van der Waals surface area contributed by atoms with Gasteiger partial charge in [-0.3, -0.25) is 0 Å². The van der Waals surface area contributed by atoms with Gasteiger partial charge in [0.15, 0.2) is 0 Å². The van der Waals surface area contributed by atoms with Crippen molar-refractivity contribution >= 4 is 11.8 Å². The van der Waals surface area contributed by atoms with Gasteiger partial charge in [-0.15, -0.1) is 0 Å². The number of benzene rings is 1. The number of hydrogen-bond donors (Lipinski definition) is 1. The summed E-state index contributed by atoms with van der Waals surface area (Å²) >= 11 is 1.61. The van der Waals surface area contributed by atoms with E-state index < -0.39 is 5.60 Å². The topological polar surface area (TPSA) is 20.2 Å². The molecule has 0 saturated carbocycles. The van der Waals surface area contributed by atoms with Gasteiger partial charge in [0.25, 0.3) is 0 Å². The molecule has 0 aliphatic carbocycles. The van der Waals surface area contributed by atoms with Gasteiger partial charge in [0.2, 0.25) is 0 Å². The second-order valence-corrected chi connectivity index (χ2v) is 4.37. The van der Waals surface area contributed by atoms with E-state index >= 15 is 0 Å². The second kappa shape index (κ2) is 4.49. The van der Waals surface area contributed by atoms with E-state index in [9.17, 15) is 5.11 Å². The van der Waals surface area contributed by atoms with Gasteiger partial charge in [-0.25, -0.2) is 0 Å². The molecule has 0 aliphatic heterocycles. The van der Waals surface area contributed by atoms with Gasteiger partial charge in [0, 0.05) is 4.90 Å². The monoisotopic (exact) mass is 194 g/mol. The molecule has 0 fully saturated rings. The van der Waals surface area contributed by atoms with E-state index in [-0.39, 0.29) is 0 Å². The SMILES string of the molecule is CC(C)(O)C=CSc1ccccc1. The van der Waals surface area contributed by atoms with Crippen molar-refractivity contribution in [2.75, 3.05) is 0 Å². The molecule has 0 saturated heterocycles. The molecule has 1 aromatic carbocycles. The molecule has 70 valence electrons. The molecular weight excluding hydrogens is 180 g/mol. The zero-order chi connectivity index (χ0) is 9.73. The third-order valence-electron chi connectivity index (χ3n) is 1.42. The minimum atomic E-state index is -0.720. The maximum absolute atomic E-state index is 9.40. The Morgan fingerprint density at radius 2 is 1.85 bits per heavy atom. The molecule has 0 radical (unpaired) electrons. The van der Waals surface area contributed by atoms with Gasteiger partial charge in [0.05, 0.1) is 5.60 Å². The highest BCUT2D eigenvalue weighted by atomic mass is 32.2. The number of rotatable bonds is 3. The Bertz CT molecular complexity index is 272. The van der Waals surface area contributed by atoms with Crippen molar-refractivity contribution in [3.8, 4) is 0 Å². The van der Waals surface area contributed by atoms with Crippen molar-refractivity contribution in [2.24, 2.45) is 0 Å². The largest absolute Gasteiger partial charge is 0.386 e. The van der Waals surface area contributed by atoms with Crippen LogP contribution < -0.4 is 0 Å². The van der Waals surface area contributed by atoms with Crippen molar-refractivity contribution in [2.45, 2.75) is 24.3 Å². The maximum Gasteiger partial charge on any atom is 0.0779 e. The van der Waals surface area contributed by atoms with E-state index in [4.69, 9.17) is 0 Å². The summed E-state index contributed by atoms with van der Waals surface area (Å²) in [6, 6.07) is 10.1. The van der Waals surface area contributed by atoms with Crippen LogP contribution in [0.15, 0.2) is 46.7 Å². The van der Waals surface area contributed by atoms with E-state index in [2.05, 4.69) is 0 Å². The third-order valence-corrected chi connectivity index (χ3v) is 2.24. The molecule has 0 aromatic heterocycles. The lowest BCUT2D eigenvalue weighted by Gasteiger charge is -2.09. The molecule has 1 N–H and O–H groups in total. The lowest BCUT2D eigenvalue weighted by molar-refractivity contribution is 0.133. The Morgan fingerprint density at radius 3 is 2.38 bits per heavy atom. The minimum absolute atomic E-state index is 0.720. The van der Waals surface area contributed by atoms with Crippen molar-refractivity contribution < 1.29 is 5.11 Å². The average Bonchev–Trinajstić information content (AvgIpc) is 2.04. The molecule has 0 bridgehead atoms. The Morgan fingerprint density at radius 1 is 1.23 bits per heavy atom. The molecule has 0 aliphatic rings. The Balaban J connectivity index is 2.49. The predicted octanol–water partition coefficient (Wildman–Crippen LogP) is 3.06. The third kappa shape index (κ3) is 4.76. The van der Waals surface area contributed by atoms with Crippen molar-refractivity contribution in [3.05, 3.63) is 41.8 Å².